The Balaban J connectivity index is 1.88. The van der Waals surface area contributed by atoms with Crippen molar-refractivity contribution < 1.29 is 5.11 Å². The standard InChI is InChI=1S/C24H22N2OS/c1-14-8-9-18(16-6-4-3-5-7-16)21-20(14)23(25-10-11-27)17-12-15(2)22-19(13-17)28-24(21)26-22/h3-9,12-13,23,25,27H,10-11H2,1-2H3. The van der Waals surface area contributed by atoms with Gasteiger partial charge >= 0.3 is 0 Å². The minimum absolute atomic E-state index is 0.0292. The van der Waals surface area contributed by atoms with E-state index in [1.807, 2.05) is 0 Å². The molecule has 0 saturated carbocycles. The van der Waals surface area contributed by atoms with Crippen molar-refractivity contribution in [1.29, 1.82) is 0 Å². The molecule has 1 atom stereocenters. The van der Waals surface area contributed by atoms with Gasteiger partial charge in [0.15, 0.2) is 0 Å². The maximum Gasteiger partial charge on any atom is 0.125 e. The SMILES string of the molecule is Cc1ccc(-c2ccccc2)c2c1C(NCCO)c1cc(C)c3nc-2sc3c1. The van der Waals surface area contributed by atoms with Crippen molar-refractivity contribution in [2.24, 2.45) is 0 Å². The monoisotopic (exact) mass is 386 g/mol. The third kappa shape index (κ3) is 2.68. The van der Waals surface area contributed by atoms with E-state index in [4.69, 9.17) is 4.98 Å². The smallest absolute Gasteiger partial charge is 0.125 e. The topological polar surface area (TPSA) is 45.1 Å². The zero-order chi connectivity index (χ0) is 19.3. The molecule has 5 rings (SSSR count). The molecule has 2 N–H and O–H groups in total. The van der Waals surface area contributed by atoms with E-state index in [1.54, 1.807) is 11.3 Å². The second-order valence-electron chi connectivity index (χ2n) is 7.40. The van der Waals surface area contributed by atoms with Crippen LogP contribution in [0.2, 0.25) is 0 Å². The lowest BCUT2D eigenvalue weighted by Crippen LogP contribution is -2.27. The number of aromatic nitrogens is 1. The number of aliphatic hydroxyl groups is 1. The summed E-state index contributed by atoms with van der Waals surface area (Å²) in [4.78, 5) is 5.06. The van der Waals surface area contributed by atoms with Crippen LogP contribution in [-0.2, 0) is 0 Å². The van der Waals surface area contributed by atoms with Crippen LogP contribution >= 0.6 is 11.3 Å². The molecule has 0 amide bonds. The highest BCUT2D eigenvalue weighted by atomic mass is 32.1. The highest BCUT2D eigenvalue weighted by Gasteiger charge is 2.28. The van der Waals surface area contributed by atoms with Crippen LogP contribution in [0.25, 0.3) is 31.9 Å². The Morgan fingerprint density at radius 2 is 1.86 bits per heavy atom. The van der Waals surface area contributed by atoms with E-state index < -0.39 is 0 Å². The molecule has 2 heterocycles. The number of aliphatic hydroxyl groups excluding tert-OH is 1. The molecule has 3 bridgehead atoms. The predicted octanol–water partition coefficient (Wildman–Crippen LogP) is 5.23. The minimum atomic E-state index is 0.0292. The summed E-state index contributed by atoms with van der Waals surface area (Å²) in [6.45, 7) is 4.97. The number of rotatable bonds is 4. The summed E-state index contributed by atoms with van der Waals surface area (Å²) in [7, 11) is 0. The molecule has 0 fully saturated rings. The van der Waals surface area contributed by atoms with Gasteiger partial charge in [-0.25, -0.2) is 4.98 Å². The van der Waals surface area contributed by atoms with Crippen molar-refractivity contribution in [3.8, 4) is 21.7 Å². The van der Waals surface area contributed by atoms with E-state index in [-0.39, 0.29) is 12.6 Å². The first kappa shape index (κ1) is 17.6. The predicted molar refractivity (Wildman–Crippen MR) is 117 cm³/mol. The molecule has 1 aliphatic rings. The lowest BCUT2D eigenvalue weighted by molar-refractivity contribution is 0.288. The van der Waals surface area contributed by atoms with Crippen LogP contribution in [0.15, 0.2) is 54.6 Å². The number of nitrogens with zero attached hydrogens (tertiary/aromatic N) is 1. The van der Waals surface area contributed by atoms with Crippen molar-refractivity contribution in [3.63, 3.8) is 0 Å². The molecule has 0 aliphatic carbocycles. The van der Waals surface area contributed by atoms with Gasteiger partial charge in [0.05, 0.1) is 22.9 Å². The van der Waals surface area contributed by atoms with Crippen molar-refractivity contribution in [3.05, 3.63) is 76.9 Å². The normalized spacial score (nSPS) is 15.0. The first-order valence-corrected chi connectivity index (χ1v) is 10.4. The second kappa shape index (κ2) is 6.82. The maximum atomic E-state index is 9.48. The highest BCUT2D eigenvalue weighted by molar-refractivity contribution is 7.21. The zero-order valence-corrected chi connectivity index (χ0v) is 16.8. The molecule has 1 aliphatic heterocycles. The van der Waals surface area contributed by atoms with Gasteiger partial charge in [0.2, 0.25) is 0 Å². The Hall–Kier alpha value is -2.53. The molecule has 3 aromatic carbocycles. The van der Waals surface area contributed by atoms with Gasteiger partial charge in [-0.2, -0.15) is 0 Å². The highest BCUT2D eigenvalue weighted by Crippen LogP contribution is 2.46. The zero-order valence-electron chi connectivity index (χ0n) is 16.0. The van der Waals surface area contributed by atoms with E-state index in [0.29, 0.717) is 6.54 Å². The van der Waals surface area contributed by atoms with Gasteiger partial charge in [-0.05, 0) is 53.3 Å². The molecule has 4 aromatic rings. The summed E-state index contributed by atoms with van der Waals surface area (Å²) in [5.41, 5.74) is 9.67. The van der Waals surface area contributed by atoms with E-state index in [2.05, 4.69) is 73.8 Å². The summed E-state index contributed by atoms with van der Waals surface area (Å²) in [6, 6.07) is 19.5. The third-order valence-electron chi connectivity index (χ3n) is 5.55. The second-order valence-corrected chi connectivity index (χ2v) is 8.43. The quantitative estimate of drug-likeness (QED) is 0.505. The summed E-state index contributed by atoms with van der Waals surface area (Å²) >= 11 is 1.77. The van der Waals surface area contributed by atoms with Crippen LogP contribution in [0, 0.1) is 13.8 Å². The first-order chi connectivity index (χ1) is 13.7. The molecule has 1 aromatic heterocycles. The molecular weight excluding hydrogens is 364 g/mol. The molecule has 0 saturated heterocycles. The number of fused-ring (bicyclic) bond motifs is 4. The van der Waals surface area contributed by atoms with Gasteiger partial charge < -0.3 is 10.4 Å². The van der Waals surface area contributed by atoms with Crippen LogP contribution in [0.1, 0.15) is 28.3 Å². The average molecular weight is 387 g/mol. The van der Waals surface area contributed by atoms with E-state index in [0.717, 1.165) is 10.5 Å². The van der Waals surface area contributed by atoms with Gasteiger partial charge in [-0.15, -0.1) is 11.3 Å². The minimum Gasteiger partial charge on any atom is -0.395 e. The molecule has 140 valence electrons. The Kier molecular flexibility index (Phi) is 4.27. The fourth-order valence-corrected chi connectivity index (χ4v) is 5.44. The average Bonchev–Trinajstić information content (AvgIpc) is 3.16. The molecule has 1 unspecified atom stereocenters. The number of thiazole rings is 1. The number of nitrogens with one attached hydrogen (secondary N) is 1. The van der Waals surface area contributed by atoms with Gasteiger partial charge in [-0.1, -0.05) is 48.5 Å². The van der Waals surface area contributed by atoms with Crippen molar-refractivity contribution in [2.45, 2.75) is 19.9 Å². The van der Waals surface area contributed by atoms with E-state index >= 15 is 0 Å². The lowest BCUT2D eigenvalue weighted by Gasteiger charge is -2.26. The summed E-state index contributed by atoms with van der Waals surface area (Å²) in [6.07, 6.45) is 0. The van der Waals surface area contributed by atoms with Crippen LogP contribution in [0.3, 0.4) is 0 Å². The van der Waals surface area contributed by atoms with Crippen LogP contribution in [0.5, 0.6) is 0 Å². The molecule has 0 spiro atoms. The molecular formula is C24H22N2OS. The fourth-order valence-electron chi connectivity index (χ4n) is 4.28. The van der Waals surface area contributed by atoms with Crippen molar-refractivity contribution >= 4 is 21.6 Å². The molecule has 4 heteroatoms. The summed E-state index contributed by atoms with van der Waals surface area (Å²) < 4.78 is 1.23. The maximum absolute atomic E-state index is 9.48. The van der Waals surface area contributed by atoms with Gasteiger partial charge in [0.25, 0.3) is 0 Å². The Morgan fingerprint density at radius 3 is 2.64 bits per heavy atom. The molecule has 28 heavy (non-hydrogen) atoms. The number of hydrogen-bond donors (Lipinski definition) is 2. The summed E-state index contributed by atoms with van der Waals surface area (Å²) in [5.74, 6) is 0. The Bertz CT molecular complexity index is 1180. The largest absolute Gasteiger partial charge is 0.395 e. The number of aryl methyl sites for hydroxylation is 2. The van der Waals surface area contributed by atoms with Gasteiger partial charge in [0, 0.05) is 12.1 Å². The van der Waals surface area contributed by atoms with Crippen molar-refractivity contribution in [1.82, 2.24) is 10.3 Å². The van der Waals surface area contributed by atoms with Crippen LogP contribution < -0.4 is 5.32 Å². The van der Waals surface area contributed by atoms with Gasteiger partial charge in [0.1, 0.15) is 5.01 Å². The van der Waals surface area contributed by atoms with Crippen LogP contribution in [-0.4, -0.2) is 23.2 Å². The lowest BCUT2D eigenvalue weighted by atomic mass is 9.86. The third-order valence-corrected chi connectivity index (χ3v) is 6.57. The molecule has 0 radical (unpaired) electrons. The van der Waals surface area contributed by atoms with Crippen molar-refractivity contribution in [2.75, 3.05) is 13.2 Å². The number of hydrogen-bond acceptors (Lipinski definition) is 4. The Labute approximate surface area is 168 Å². The molecule has 3 nitrogen and oxygen atoms in total. The fraction of sp³-hybridized carbons (Fsp3) is 0.208. The van der Waals surface area contributed by atoms with Crippen LogP contribution in [0.4, 0.5) is 0 Å². The van der Waals surface area contributed by atoms with Gasteiger partial charge in [-0.3, -0.25) is 0 Å². The Morgan fingerprint density at radius 1 is 1.04 bits per heavy atom. The van der Waals surface area contributed by atoms with E-state index in [1.165, 1.54) is 43.6 Å². The number of benzene rings is 3. The van der Waals surface area contributed by atoms with E-state index in [9.17, 15) is 5.11 Å². The summed E-state index contributed by atoms with van der Waals surface area (Å²) in [5, 5.41) is 14.1. The first-order valence-electron chi connectivity index (χ1n) is 9.62.